The molecule has 0 aliphatic heterocycles. The normalized spacial score (nSPS) is 13.1. The summed E-state index contributed by atoms with van der Waals surface area (Å²) in [6.45, 7) is 1.85. The van der Waals surface area contributed by atoms with Crippen LogP contribution in [-0.4, -0.2) is 11.9 Å². The molecule has 128 valence electrons. The largest absolute Gasteiger partial charge is 0.352 e. The number of benzene rings is 1. The highest BCUT2D eigenvalue weighted by atomic mass is 35.5. The highest BCUT2D eigenvalue weighted by Crippen LogP contribution is 2.26. The molecule has 0 unspecified atom stereocenters. The molecule has 2 aromatic rings. The molecule has 1 aromatic carbocycles. The molecule has 8 heteroatoms. The number of nitrogens with one attached hydrogen (secondary N) is 2. The van der Waals surface area contributed by atoms with E-state index in [1.165, 1.54) is 11.3 Å². The summed E-state index contributed by atoms with van der Waals surface area (Å²) >= 11 is 13.3. The Kier molecular flexibility index (Phi) is 6.48. The maximum atomic E-state index is 12.3. The maximum absolute atomic E-state index is 12.3. The van der Waals surface area contributed by atoms with Crippen molar-refractivity contribution >= 4 is 46.5 Å². The molecular formula is C16H17Cl2N3O2S. The zero-order valence-corrected chi connectivity index (χ0v) is 15.2. The average Bonchev–Trinajstić information content (AvgIpc) is 3.03. The smallest absolute Gasteiger partial charge is 0.312 e. The lowest BCUT2D eigenvalue weighted by molar-refractivity contribution is -0.122. The Morgan fingerprint density at radius 2 is 1.96 bits per heavy atom. The van der Waals surface area contributed by atoms with Crippen molar-refractivity contribution in [2.24, 2.45) is 5.73 Å². The van der Waals surface area contributed by atoms with Gasteiger partial charge in [0.25, 0.3) is 0 Å². The number of carbonyl (C=O) groups excluding carboxylic acids is 2. The van der Waals surface area contributed by atoms with Gasteiger partial charge in [0.1, 0.15) is 0 Å². The van der Waals surface area contributed by atoms with Gasteiger partial charge >= 0.3 is 6.03 Å². The third kappa shape index (κ3) is 5.12. The van der Waals surface area contributed by atoms with Crippen molar-refractivity contribution in [3.05, 3.63) is 56.2 Å². The second-order valence-corrected chi connectivity index (χ2v) is 7.04. The van der Waals surface area contributed by atoms with Crippen molar-refractivity contribution in [1.82, 2.24) is 10.6 Å². The summed E-state index contributed by atoms with van der Waals surface area (Å²) in [5.41, 5.74) is 6.03. The Hall–Kier alpha value is -1.76. The van der Waals surface area contributed by atoms with Gasteiger partial charge in [0.2, 0.25) is 5.91 Å². The van der Waals surface area contributed by atoms with E-state index < -0.39 is 12.1 Å². The molecule has 1 aromatic heterocycles. The predicted octanol–water partition coefficient (Wildman–Crippen LogP) is 4.03. The fourth-order valence-corrected chi connectivity index (χ4v) is 3.32. The minimum atomic E-state index is -0.668. The zero-order valence-electron chi connectivity index (χ0n) is 12.9. The van der Waals surface area contributed by atoms with Crippen molar-refractivity contribution < 1.29 is 9.59 Å². The summed E-state index contributed by atoms with van der Waals surface area (Å²) in [6, 6.07) is 7.54. The first-order valence-electron chi connectivity index (χ1n) is 7.20. The number of urea groups is 1. The molecule has 2 rings (SSSR count). The number of rotatable bonds is 6. The van der Waals surface area contributed by atoms with E-state index in [-0.39, 0.29) is 18.4 Å². The number of amides is 3. The number of nitrogens with two attached hydrogens (primary N) is 1. The second kappa shape index (κ2) is 8.37. The Balaban J connectivity index is 2.02. The van der Waals surface area contributed by atoms with E-state index in [0.717, 1.165) is 10.4 Å². The highest BCUT2D eigenvalue weighted by molar-refractivity contribution is 7.10. The third-order valence-corrected chi connectivity index (χ3v) is 5.14. The van der Waals surface area contributed by atoms with E-state index in [1.54, 1.807) is 18.2 Å². The summed E-state index contributed by atoms with van der Waals surface area (Å²) in [5.74, 6) is -0.208. The van der Waals surface area contributed by atoms with Crippen LogP contribution in [0.4, 0.5) is 4.79 Å². The molecule has 0 saturated heterocycles. The van der Waals surface area contributed by atoms with Crippen molar-refractivity contribution in [3.63, 3.8) is 0 Å². The number of hydrogen-bond donors (Lipinski definition) is 3. The molecule has 3 amide bonds. The molecule has 5 nitrogen and oxygen atoms in total. The molecule has 1 heterocycles. The van der Waals surface area contributed by atoms with Crippen LogP contribution in [0.5, 0.6) is 0 Å². The van der Waals surface area contributed by atoms with E-state index in [4.69, 9.17) is 28.9 Å². The predicted molar refractivity (Wildman–Crippen MR) is 97.4 cm³/mol. The van der Waals surface area contributed by atoms with Crippen molar-refractivity contribution in [2.75, 3.05) is 0 Å². The SMILES string of the molecule is C[C@@H](NC(=O)C[C@@H](NC(N)=O)c1cccs1)c1ccc(Cl)c(Cl)c1. The number of carbonyl (C=O) groups is 2. The van der Waals surface area contributed by atoms with E-state index in [2.05, 4.69) is 10.6 Å². The van der Waals surface area contributed by atoms with Gasteiger partial charge < -0.3 is 16.4 Å². The van der Waals surface area contributed by atoms with Gasteiger partial charge in [0.05, 0.1) is 28.5 Å². The monoisotopic (exact) mass is 385 g/mol. The highest BCUT2D eigenvalue weighted by Gasteiger charge is 2.20. The maximum Gasteiger partial charge on any atom is 0.312 e. The van der Waals surface area contributed by atoms with Crippen LogP contribution in [0, 0.1) is 0 Å². The molecule has 0 bridgehead atoms. The van der Waals surface area contributed by atoms with Crippen molar-refractivity contribution in [2.45, 2.75) is 25.4 Å². The molecule has 2 atom stereocenters. The molecule has 0 spiro atoms. The number of primary amides is 1. The van der Waals surface area contributed by atoms with Gasteiger partial charge in [-0.3, -0.25) is 4.79 Å². The lowest BCUT2D eigenvalue weighted by atomic mass is 10.1. The topological polar surface area (TPSA) is 84.2 Å². The van der Waals surface area contributed by atoms with Crippen LogP contribution in [-0.2, 0) is 4.79 Å². The van der Waals surface area contributed by atoms with E-state index in [0.29, 0.717) is 10.0 Å². The van der Waals surface area contributed by atoms with E-state index in [9.17, 15) is 9.59 Å². The van der Waals surface area contributed by atoms with E-state index >= 15 is 0 Å². The Labute approximate surface area is 154 Å². The first-order valence-corrected chi connectivity index (χ1v) is 8.84. The average molecular weight is 386 g/mol. The van der Waals surface area contributed by atoms with Crippen molar-refractivity contribution in [1.29, 1.82) is 0 Å². The molecule has 0 aliphatic rings. The summed E-state index contributed by atoms with van der Waals surface area (Å²) in [5, 5.41) is 8.24. The van der Waals surface area contributed by atoms with Crippen LogP contribution in [0.15, 0.2) is 35.7 Å². The van der Waals surface area contributed by atoms with Crippen LogP contribution < -0.4 is 16.4 Å². The zero-order chi connectivity index (χ0) is 17.7. The van der Waals surface area contributed by atoms with Gasteiger partial charge in [-0.15, -0.1) is 11.3 Å². The van der Waals surface area contributed by atoms with Gasteiger partial charge in [0.15, 0.2) is 0 Å². The van der Waals surface area contributed by atoms with Gasteiger partial charge in [-0.05, 0) is 36.1 Å². The third-order valence-electron chi connectivity index (χ3n) is 3.41. The summed E-state index contributed by atoms with van der Waals surface area (Å²) < 4.78 is 0. The first-order chi connectivity index (χ1) is 11.4. The first kappa shape index (κ1) is 18.6. The van der Waals surface area contributed by atoms with Gasteiger partial charge in [-0.2, -0.15) is 0 Å². The van der Waals surface area contributed by atoms with E-state index in [1.807, 2.05) is 24.4 Å². The number of thiophene rings is 1. The number of halogens is 2. The minimum absolute atomic E-state index is 0.0924. The molecule has 0 saturated carbocycles. The fourth-order valence-electron chi connectivity index (χ4n) is 2.23. The van der Waals surface area contributed by atoms with Crippen LogP contribution in [0.3, 0.4) is 0 Å². The molecule has 0 fully saturated rings. The minimum Gasteiger partial charge on any atom is -0.352 e. The molecule has 0 aliphatic carbocycles. The van der Waals surface area contributed by atoms with Crippen LogP contribution in [0.1, 0.15) is 35.9 Å². The fraction of sp³-hybridized carbons (Fsp3) is 0.250. The quantitative estimate of drug-likeness (QED) is 0.700. The van der Waals surface area contributed by atoms with Gasteiger partial charge in [-0.1, -0.05) is 35.3 Å². The van der Waals surface area contributed by atoms with Crippen LogP contribution in [0.25, 0.3) is 0 Å². The second-order valence-electron chi connectivity index (χ2n) is 5.24. The van der Waals surface area contributed by atoms with Gasteiger partial charge in [0, 0.05) is 4.88 Å². The van der Waals surface area contributed by atoms with Crippen molar-refractivity contribution in [3.8, 4) is 0 Å². The van der Waals surface area contributed by atoms with Gasteiger partial charge in [-0.25, -0.2) is 4.79 Å². The Bertz CT molecular complexity index is 722. The molecular weight excluding hydrogens is 369 g/mol. The summed E-state index contributed by atoms with van der Waals surface area (Å²) in [4.78, 5) is 24.3. The Morgan fingerprint density at radius 1 is 1.21 bits per heavy atom. The Morgan fingerprint density at radius 3 is 2.54 bits per heavy atom. The molecule has 0 radical (unpaired) electrons. The summed E-state index contributed by atoms with van der Waals surface area (Å²) in [6.07, 6.45) is 0.0924. The lowest BCUT2D eigenvalue weighted by Crippen LogP contribution is -2.36. The van der Waals surface area contributed by atoms with Crippen LogP contribution >= 0.6 is 34.5 Å². The molecule has 24 heavy (non-hydrogen) atoms. The molecule has 4 N–H and O–H groups in total. The van der Waals surface area contributed by atoms with Crippen LogP contribution in [0.2, 0.25) is 10.0 Å². The standard InChI is InChI=1S/C16H17Cl2N3O2S/c1-9(10-4-5-11(17)12(18)7-10)20-15(22)8-13(21-16(19)23)14-3-2-6-24-14/h2-7,9,13H,8H2,1H3,(H,20,22)(H3,19,21,23)/t9-,13-/m1/s1. The number of hydrogen-bond acceptors (Lipinski definition) is 3. The lowest BCUT2D eigenvalue weighted by Gasteiger charge is -2.19. The summed E-state index contributed by atoms with van der Waals surface area (Å²) in [7, 11) is 0.